The minimum absolute atomic E-state index is 0.0125. The number of carbonyl (C=O) groups is 2. The maximum atomic E-state index is 13.1. The standard InChI is InChI=1S/C27H33N3O4/c31-26(20-34-24-4-2-1-3-5-24)29-11-8-22(9-12-29)27(32)30-15-13-28(14-16-30)19-21-6-7-25-23(18-21)10-17-33-25/h1-7,18,22H,8-17,19-20H2. The van der Waals surface area contributed by atoms with Crippen molar-refractivity contribution in [3.8, 4) is 11.5 Å². The van der Waals surface area contributed by atoms with Crippen LogP contribution < -0.4 is 9.47 Å². The van der Waals surface area contributed by atoms with E-state index in [0.717, 1.165) is 64.3 Å². The number of para-hydroxylation sites is 1. The molecule has 2 aromatic rings. The van der Waals surface area contributed by atoms with Gasteiger partial charge in [0.05, 0.1) is 6.61 Å². The minimum atomic E-state index is -0.0125. The second kappa shape index (κ2) is 10.5. The third-order valence-electron chi connectivity index (χ3n) is 7.15. The van der Waals surface area contributed by atoms with Crippen molar-refractivity contribution < 1.29 is 19.1 Å². The summed E-state index contributed by atoms with van der Waals surface area (Å²) in [5.74, 6) is 1.98. The number of amides is 2. The van der Waals surface area contributed by atoms with Crippen LogP contribution in [-0.4, -0.2) is 79.0 Å². The van der Waals surface area contributed by atoms with Gasteiger partial charge in [-0.15, -0.1) is 0 Å². The third-order valence-corrected chi connectivity index (χ3v) is 7.15. The number of ether oxygens (including phenoxy) is 2. The van der Waals surface area contributed by atoms with Crippen molar-refractivity contribution in [2.75, 3.05) is 52.5 Å². The van der Waals surface area contributed by atoms with Gasteiger partial charge in [-0.05, 0) is 42.2 Å². The first-order valence-corrected chi connectivity index (χ1v) is 12.4. The largest absolute Gasteiger partial charge is 0.493 e. The van der Waals surface area contributed by atoms with Gasteiger partial charge < -0.3 is 19.3 Å². The van der Waals surface area contributed by atoms with Crippen LogP contribution in [0.4, 0.5) is 0 Å². The number of piperidine rings is 1. The van der Waals surface area contributed by atoms with Gasteiger partial charge in [-0.25, -0.2) is 0 Å². The van der Waals surface area contributed by atoms with Crippen LogP contribution in [0.15, 0.2) is 48.5 Å². The summed E-state index contributed by atoms with van der Waals surface area (Å²) in [5.41, 5.74) is 2.63. The predicted octanol–water partition coefficient (Wildman–Crippen LogP) is 2.58. The fourth-order valence-corrected chi connectivity index (χ4v) is 5.11. The monoisotopic (exact) mass is 463 g/mol. The van der Waals surface area contributed by atoms with Crippen LogP contribution in [0.3, 0.4) is 0 Å². The van der Waals surface area contributed by atoms with Gasteiger partial charge in [0.15, 0.2) is 6.61 Å². The maximum Gasteiger partial charge on any atom is 0.260 e. The zero-order valence-electron chi connectivity index (χ0n) is 19.7. The van der Waals surface area contributed by atoms with Crippen LogP contribution in [-0.2, 0) is 22.6 Å². The van der Waals surface area contributed by atoms with Gasteiger partial charge in [-0.3, -0.25) is 14.5 Å². The lowest BCUT2D eigenvalue weighted by Crippen LogP contribution is -2.51. The molecule has 3 heterocycles. The average molecular weight is 464 g/mol. The lowest BCUT2D eigenvalue weighted by Gasteiger charge is -2.38. The Kier molecular flexibility index (Phi) is 7.00. The Labute approximate surface area is 201 Å². The number of carbonyl (C=O) groups excluding carboxylic acids is 2. The SMILES string of the molecule is O=C(COc1ccccc1)N1CCC(C(=O)N2CCN(Cc3ccc4c(c3)CCO4)CC2)CC1. The highest BCUT2D eigenvalue weighted by molar-refractivity contribution is 5.80. The van der Waals surface area contributed by atoms with Gasteiger partial charge in [-0.2, -0.15) is 0 Å². The maximum absolute atomic E-state index is 13.1. The van der Waals surface area contributed by atoms with Crippen LogP contribution in [0.2, 0.25) is 0 Å². The molecule has 180 valence electrons. The van der Waals surface area contributed by atoms with E-state index in [9.17, 15) is 9.59 Å². The van der Waals surface area contributed by atoms with Crippen molar-refractivity contribution in [1.29, 1.82) is 0 Å². The normalized spacial score (nSPS) is 18.9. The van der Waals surface area contributed by atoms with E-state index in [1.807, 2.05) is 40.1 Å². The highest BCUT2D eigenvalue weighted by Gasteiger charge is 2.31. The summed E-state index contributed by atoms with van der Waals surface area (Å²) in [6.07, 6.45) is 2.45. The van der Waals surface area contributed by atoms with E-state index in [-0.39, 0.29) is 24.3 Å². The Morgan fingerprint density at radius 3 is 2.44 bits per heavy atom. The number of benzene rings is 2. The molecule has 7 heteroatoms. The van der Waals surface area contributed by atoms with Crippen molar-refractivity contribution >= 4 is 11.8 Å². The predicted molar refractivity (Wildman–Crippen MR) is 129 cm³/mol. The summed E-state index contributed by atoms with van der Waals surface area (Å²) in [6.45, 7) is 6.33. The van der Waals surface area contributed by atoms with Gasteiger partial charge in [0.1, 0.15) is 11.5 Å². The van der Waals surface area contributed by atoms with Gasteiger partial charge in [0.2, 0.25) is 5.91 Å². The number of hydrogen-bond acceptors (Lipinski definition) is 5. The third kappa shape index (κ3) is 5.36. The average Bonchev–Trinajstić information content (AvgIpc) is 3.36. The van der Waals surface area contributed by atoms with Crippen molar-refractivity contribution in [3.05, 3.63) is 59.7 Å². The smallest absolute Gasteiger partial charge is 0.260 e. The molecule has 0 atom stereocenters. The molecule has 0 spiro atoms. The fourth-order valence-electron chi connectivity index (χ4n) is 5.11. The molecular formula is C27H33N3O4. The summed E-state index contributed by atoms with van der Waals surface area (Å²) >= 11 is 0. The number of rotatable bonds is 6. The fraction of sp³-hybridized carbons (Fsp3) is 0.481. The van der Waals surface area contributed by atoms with E-state index in [1.54, 1.807) is 0 Å². The van der Waals surface area contributed by atoms with Gasteiger partial charge in [-0.1, -0.05) is 30.3 Å². The first-order chi connectivity index (χ1) is 16.7. The van der Waals surface area contributed by atoms with Crippen LogP contribution in [0.1, 0.15) is 24.0 Å². The van der Waals surface area contributed by atoms with Crippen molar-refractivity contribution in [3.63, 3.8) is 0 Å². The van der Waals surface area contributed by atoms with E-state index in [1.165, 1.54) is 11.1 Å². The Balaban J connectivity index is 1.04. The molecule has 7 nitrogen and oxygen atoms in total. The van der Waals surface area contributed by atoms with Crippen LogP contribution in [0.25, 0.3) is 0 Å². The summed E-state index contributed by atoms with van der Waals surface area (Å²) in [5, 5.41) is 0. The second-order valence-corrected chi connectivity index (χ2v) is 9.40. The van der Waals surface area contributed by atoms with Crippen LogP contribution >= 0.6 is 0 Å². The molecule has 3 aliphatic rings. The van der Waals surface area contributed by atoms with Gasteiger partial charge in [0.25, 0.3) is 5.91 Å². The molecule has 0 aliphatic carbocycles. The number of piperazine rings is 1. The summed E-state index contributed by atoms with van der Waals surface area (Å²) in [7, 11) is 0. The molecule has 0 aromatic heterocycles. The first kappa shape index (κ1) is 22.7. The summed E-state index contributed by atoms with van der Waals surface area (Å²) < 4.78 is 11.2. The number of hydrogen-bond donors (Lipinski definition) is 0. The molecule has 3 aliphatic heterocycles. The molecule has 0 saturated carbocycles. The van der Waals surface area contributed by atoms with E-state index in [4.69, 9.17) is 9.47 Å². The molecule has 2 amide bonds. The lowest BCUT2D eigenvalue weighted by atomic mass is 9.95. The highest BCUT2D eigenvalue weighted by Crippen LogP contribution is 2.27. The quantitative estimate of drug-likeness (QED) is 0.659. The van der Waals surface area contributed by atoms with Gasteiger partial charge >= 0.3 is 0 Å². The van der Waals surface area contributed by atoms with Crippen molar-refractivity contribution in [2.24, 2.45) is 5.92 Å². The van der Waals surface area contributed by atoms with Crippen LogP contribution in [0.5, 0.6) is 11.5 Å². The Morgan fingerprint density at radius 1 is 0.912 bits per heavy atom. The van der Waals surface area contributed by atoms with Crippen LogP contribution in [0, 0.1) is 5.92 Å². The molecule has 0 unspecified atom stereocenters. The summed E-state index contributed by atoms with van der Waals surface area (Å²) in [4.78, 5) is 31.9. The Bertz CT molecular complexity index is 996. The second-order valence-electron chi connectivity index (χ2n) is 9.40. The molecule has 34 heavy (non-hydrogen) atoms. The molecular weight excluding hydrogens is 430 g/mol. The Hall–Kier alpha value is -3.06. The lowest BCUT2D eigenvalue weighted by molar-refractivity contribution is -0.142. The van der Waals surface area contributed by atoms with E-state index < -0.39 is 0 Å². The number of nitrogens with zero attached hydrogens (tertiary/aromatic N) is 3. The molecule has 2 aromatic carbocycles. The molecule has 0 bridgehead atoms. The minimum Gasteiger partial charge on any atom is -0.493 e. The van der Waals surface area contributed by atoms with Gasteiger partial charge in [0, 0.05) is 58.2 Å². The zero-order chi connectivity index (χ0) is 23.3. The molecule has 2 fully saturated rings. The van der Waals surface area contributed by atoms with E-state index >= 15 is 0 Å². The summed E-state index contributed by atoms with van der Waals surface area (Å²) in [6, 6.07) is 15.9. The Morgan fingerprint density at radius 2 is 1.68 bits per heavy atom. The molecule has 0 N–H and O–H groups in total. The topological polar surface area (TPSA) is 62.3 Å². The van der Waals surface area contributed by atoms with E-state index in [2.05, 4.69) is 23.1 Å². The zero-order valence-corrected chi connectivity index (χ0v) is 19.7. The van der Waals surface area contributed by atoms with Crippen molar-refractivity contribution in [2.45, 2.75) is 25.8 Å². The molecule has 5 rings (SSSR count). The highest BCUT2D eigenvalue weighted by atomic mass is 16.5. The molecule has 2 saturated heterocycles. The number of fused-ring (bicyclic) bond motifs is 1. The number of likely N-dealkylation sites (tertiary alicyclic amines) is 1. The first-order valence-electron chi connectivity index (χ1n) is 12.4. The van der Waals surface area contributed by atoms with E-state index in [0.29, 0.717) is 18.8 Å². The van der Waals surface area contributed by atoms with Crippen molar-refractivity contribution in [1.82, 2.24) is 14.7 Å². The molecule has 0 radical (unpaired) electrons.